The van der Waals surface area contributed by atoms with Gasteiger partial charge in [0.05, 0.1) is 0 Å². The molecular formula is C32H34N2O. The van der Waals surface area contributed by atoms with Crippen molar-refractivity contribution in [2.24, 2.45) is 0 Å². The van der Waals surface area contributed by atoms with Crippen LogP contribution in [0.15, 0.2) is 103 Å². The van der Waals surface area contributed by atoms with Crippen LogP contribution in [-0.2, 0) is 4.74 Å². The lowest BCUT2D eigenvalue weighted by molar-refractivity contribution is 0.165. The molecule has 0 aromatic heterocycles. The number of rotatable bonds is 7. The molecule has 35 heavy (non-hydrogen) atoms. The minimum Gasteiger partial charge on any atom is -0.482 e. The van der Waals surface area contributed by atoms with Gasteiger partial charge in [-0.1, -0.05) is 66.8 Å². The van der Waals surface area contributed by atoms with Crippen molar-refractivity contribution >= 4 is 29.1 Å². The van der Waals surface area contributed by atoms with Gasteiger partial charge in [0.1, 0.15) is 11.9 Å². The fourth-order valence-electron chi connectivity index (χ4n) is 4.01. The van der Waals surface area contributed by atoms with Crippen molar-refractivity contribution in [1.29, 1.82) is 0 Å². The number of ether oxygens (including phenoxy) is 1. The number of nitrogens with zero attached hydrogens (tertiary/aromatic N) is 2. The topological polar surface area (TPSA) is 15.7 Å². The van der Waals surface area contributed by atoms with E-state index in [0.717, 1.165) is 22.5 Å². The van der Waals surface area contributed by atoms with E-state index in [-0.39, 0.29) is 6.10 Å². The highest BCUT2D eigenvalue weighted by Gasteiger charge is 2.18. The molecule has 0 amide bonds. The molecule has 0 N–H and O–H groups in total. The van der Waals surface area contributed by atoms with Gasteiger partial charge in [-0.2, -0.15) is 0 Å². The number of benzene rings is 3. The van der Waals surface area contributed by atoms with Crippen LogP contribution in [0.25, 0.3) is 17.7 Å². The Bertz CT molecular complexity index is 1240. The molecule has 1 aliphatic rings. The van der Waals surface area contributed by atoms with Gasteiger partial charge in [0, 0.05) is 39.6 Å². The highest BCUT2D eigenvalue weighted by Crippen LogP contribution is 2.34. The van der Waals surface area contributed by atoms with Crippen LogP contribution in [0, 0.1) is 0 Å². The number of hydrogen-bond acceptors (Lipinski definition) is 3. The first-order valence-electron chi connectivity index (χ1n) is 12.0. The first-order chi connectivity index (χ1) is 16.9. The Kier molecular flexibility index (Phi) is 7.57. The number of anilines is 2. The normalized spacial score (nSPS) is 15.6. The maximum absolute atomic E-state index is 6.44. The van der Waals surface area contributed by atoms with Crippen LogP contribution in [0.4, 0.5) is 11.4 Å². The summed E-state index contributed by atoms with van der Waals surface area (Å²) in [6.45, 7) is 2.03. The lowest BCUT2D eigenvalue weighted by atomic mass is 9.97. The molecule has 0 fully saturated rings. The first-order valence-corrected chi connectivity index (χ1v) is 12.0. The third-order valence-electron chi connectivity index (χ3n) is 6.08. The third kappa shape index (κ3) is 6.13. The minimum absolute atomic E-state index is 0.156. The van der Waals surface area contributed by atoms with Crippen molar-refractivity contribution in [2.45, 2.75) is 13.0 Å². The van der Waals surface area contributed by atoms with Gasteiger partial charge in [0.2, 0.25) is 0 Å². The standard InChI is InChI=1S/C32H34N2O/c1-6-7-24-8-10-25(11-9-24)12-21-31-22-28(26-13-17-29(18-14-26)33(2)3)23-32(35-31)27-15-19-30(20-16-27)34(4)5/h6-23,32H,1-5H3. The van der Waals surface area contributed by atoms with E-state index in [0.29, 0.717) is 0 Å². The van der Waals surface area contributed by atoms with Crippen LogP contribution >= 0.6 is 0 Å². The largest absolute Gasteiger partial charge is 0.482 e. The Labute approximate surface area is 210 Å². The molecular weight excluding hydrogens is 428 g/mol. The highest BCUT2D eigenvalue weighted by molar-refractivity contribution is 5.78. The molecule has 1 atom stereocenters. The minimum atomic E-state index is -0.156. The molecule has 0 aliphatic carbocycles. The van der Waals surface area contributed by atoms with E-state index >= 15 is 0 Å². The Morgan fingerprint density at radius 3 is 1.74 bits per heavy atom. The summed E-state index contributed by atoms with van der Waals surface area (Å²) >= 11 is 0. The summed E-state index contributed by atoms with van der Waals surface area (Å²) in [5.74, 6) is 0.846. The SMILES string of the molecule is CC=Cc1ccc(C=CC2=CC(c3ccc(N(C)C)cc3)=CC(c3ccc(N(C)C)cc3)O2)cc1. The summed E-state index contributed by atoms with van der Waals surface area (Å²) in [5, 5.41) is 0. The molecule has 3 aromatic rings. The molecule has 4 rings (SSSR count). The fraction of sp³-hybridized carbons (Fsp3) is 0.188. The Balaban J connectivity index is 1.65. The smallest absolute Gasteiger partial charge is 0.143 e. The molecule has 178 valence electrons. The molecule has 3 heteroatoms. The zero-order chi connectivity index (χ0) is 24.8. The van der Waals surface area contributed by atoms with E-state index in [1.54, 1.807) is 0 Å². The van der Waals surface area contributed by atoms with Crippen molar-refractivity contribution in [1.82, 2.24) is 0 Å². The van der Waals surface area contributed by atoms with E-state index in [9.17, 15) is 0 Å². The lowest BCUT2D eigenvalue weighted by Gasteiger charge is -2.24. The molecule has 3 nitrogen and oxygen atoms in total. The predicted molar refractivity (Wildman–Crippen MR) is 152 cm³/mol. The van der Waals surface area contributed by atoms with Gasteiger partial charge in [0.25, 0.3) is 0 Å². The van der Waals surface area contributed by atoms with E-state index in [1.165, 1.54) is 22.5 Å². The molecule has 3 aromatic carbocycles. The maximum atomic E-state index is 6.44. The number of hydrogen-bond donors (Lipinski definition) is 0. The maximum Gasteiger partial charge on any atom is 0.143 e. The second-order valence-electron chi connectivity index (χ2n) is 9.13. The van der Waals surface area contributed by atoms with Gasteiger partial charge >= 0.3 is 0 Å². The lowest BCUT2D eigenvalue weighted by Crippen LogP contribution is -2.10. The van der Waals surface area contributed by atoms with Crippen LogP contribution in [0.1, 0.15) is 35.3 Å². The summed E-state index contributed by atoms with van der Waals surface area (Å²) in [5.41, 5.74) is 8.16. The number of allylic oxidation sites excluding steroid dienone is 4. The van der Waals surface area contributed by atoms with Gasteiger partial charge < -0.3 is 14.5 Å². The fourth-order valence-corrected chi connectivity index (χ4v) is 4.01. The van der Waals surface area contributed by atoms with Crippen LogP contribution in [0.5, 0.6) is 0 Å². The van der Waals surface area contributed by atoms with E-state index in [2.05, 4.69) is 147 Å². The zero-order valence-electron chi connectivity index (χ0n) is 21.3. The summed E-state index contributed by atoms with van der Waals surface area (Å²) in [4.78, 5) is 4.22. The molecule has 1 aliphatic heterocycles. The van der Waals surface area contributed by atoms with Gasteiger partial charge in [-0.3, -0.25) is 0 Å². The Hall–Kier alpha value is -3.98. The van der Waals surface area contributed by atoms with Crippen molar-refractivity contribution in [3.8, 4) is 0 Å². The molecule has 0 radical (unpaired) electrons. The van der Waals surface area contributed by atoms with Crippen molar-refractivity contribution < 1.29 is 4.74 Å². The molecule has 0 saturated heterocycles. The van der Waals surface area contributed by atoms with Crippen molar-refractivity contribution in [3.63, 3.8) is 0 Å². The van der Waals surface area contributed by atoms with Crippen molar-refractivity contribution in [2.75, 3.05) is 38.0 Å². The molecule has 1 unspecified atom stereocenters. The summed E-state index contributed by atoms with van der Waals surface area (Å²) in [6.07, 6.45) is 12.5. The van der Waals surface area contributed by atoms with Gasteiger partial charge in [-0.05, 0) is 77.2 Å². The van der Waals surface area contributed by atoms with Crippen LogP contribution in [-0.4, -0.2) is 28.2 Å². The first kappa shape index (κ1) is 24.2. The van der Waals surface area contributed by atoms with Gasteiger partial charge in [0.15, 0.2) is 0 Å². The Morgan fingerprint density at radius 1 is 0.657 bits per heavy atom. The van der Waals surface area contributed by atoms with Crippen LogP contribution in [0.2, 0.25) is 0 Å². The zero-order valence-corrected chi connectivity index (χ0v) is 21.3. The highest BCUT2D eigenvalue weighted by atomic mass is 16.5. The average Bonchev–Trinajstić information content (AvgIpc) is 2.88. The second-order valence-corrected chi connectivity index (χ2v) is 9.13. The van der Waals surface area contributed by atoms with Crippen LogP contribution < -0.4 is 9.80 Å². The molecule has 0 bridgehead atoms. The summed E-state index contributed by atoms with van der Waals surface area (Å²) in [6, 6.07) is 25.7. The monoisotopic (exact) mass is 462 g/mol. The average molecular weight is 463 g/mol. The predicted octanol–water partition coefficient (Wildman–Crippen LogP) is 7.60. The van der Waals surface area contributed by atoms with E-state index in [1.807, 2.05) is 6.92 Å². The summed E-state index contributed by atoms with van der Waals surface area (Å²) < 4.78 is 6.44. The molecule has 0 saturated carbocycles. The van der Waals surface area contributed by atoms with Crippen LogP contribution in [0.3, 0.4) is 0 Å². The Morgan fingerprint density at radius 2 is 1.20 bits per heavy atom. The molecule has 1 heterocycles. The van der Waals surface area contributed by atoms with Crippen molar-refractivity contribution in [3.05, 3.63) is 125 Å². The van der Waals surface area contributed by atoms with Gasteiger partial charge in [-0.15, -0.1) is 0 Å². The molecule has 0 spiro atoms. The van der Waals surface area contributed by atoms with E-state index < -0.39 is 0 Å². The third-order valence-corrected chi connectivity index (χ3v) is 6.08. The van der Waals surface area contributed by atoms with E-state index in [4.69, 9.17) is 4.74 Å². The quantitative estimate of drug-likeness (QED) is 0.359. The second kappa shape index (κ2) is 11.0. The summed E-state index contributed by atoms with van der Waals surface area (Å²) in [7, 11) is 8.23. The van der Waals surface area contributed by atoms with Gasteiger partial charge in [-0.25, -0.2) is 0 Å².